The van der Waals surface area contributed by atoms with Gasteiger partial charge in [0.15, 0.2) is 0 Å². The van der Waals surface area contributed by atoms with Crippen molar-refractivity contribution in [3.8, 4) is 0 Å². The van der Waals surface area contributed by atoms with Crippen LogP contribution in [0.5, 0.6) is 0 Å². The van der Waals surface area contributed by atoms with Gasteiger partial charge in [0, 0.05) is 12.1 Å². The van der Waals surface area contributed by atoms with Gasteiger partial charge in [0.1, 0.15) is 0 Å². The molecule has 0 aromatic heterocycles. The Morgan fingerprint density at radius 1 is 1.41 bits per heavy atom. The molecule has 0 bridgehead atoms. The summed E-state index contributed by atoms with van der Waals surface area (Å²) in [4.78, 5) is 13.9. The minimum Gasteiger partial charge on any atom is -0.465 e. The third-order valence-corrected chi connectivity index (χ3v) is 3.66. The number of hydrogen-bond donors (Lipinski definition) is 0. The first-order valence-electron chi connectivity index (χ1n) is 6.96. The van der Waals surface area contributed by atoms with Gasteiger partial charge in [-0.15, -0.1) is 0 Å². The second-order valence-electron chi connectivity index (χ2n) is 5.50. The molecule has 0 aromatic rings. The van der Waals surface area contributed by atoms with Gasteiger partial charge in [-0.05, 0) is 39.5 Å². The van der Waals surface area contributed by atoms with E-state index in [1.807, 2.05) is 6.92 Å². The molecule has 1 aliphatic carbocycles. The first-order chi connectivity index (χ1) is 8.04. The van der Waals surface area contributed by atoms with Gasteiger partial charge in [0.25, 0.3) is 0 Å². The molecule has 0 spiro atoms. The lowest BCUT2D eigenvalue weighted by atomic mass is 9.86. The maximum Gasteiger partial charge on any atom is 0.320 e. The lowest BCUT2D eigenvalue weighted by molar-refractivity contribution is -0.146. The number of rotatable bonds is 5. The zero-order chi connectivity index (χ0) is 12.8. The zero-order valence-corrected chi connectivity index (χ0v) is 11.7. The lowest BCUT2D eigenvalue weighted by Gasteiger charge is -2.38. The summed E-state index contributed by atoms with van der Waals surface area (Å²) in [5.41, 5.74) is 0. The van der Waals surface area contributed by atoms with Gasteiger partial charge in [0.05, 0.1) is 13.2 Å². The summed E-state index contributed by atoms with van der Waals surface area (Å²) >= 11 is 0. The van der Waals surface area contributed by atoms with Crippen molar-refractivity contribution < 1.29 is 9.53 Å². The topological polar surface area (TPSA) is 29.5 Å². The molecular weight excluding hydrogens is 214 g/mol. The van der Waals surface area contributed by atoms with Crippen LogP contribution in [-0.2, 0) is 9.53 Å². The molecule has 17 heavy (non-hydrogen) atoms. The highest BCUT2D eigenvalue weighted by Gasteiger charge is 2.27. The van der Waals surface area contributed by atoms with Crippen LogP contribution >= 0.6 is 0 Å². The smallest absolute Gasteiger partial charge is 0.320 e. The second kappa shape index (κ2) is 7.00. The Morgan fingerprint density at radius 2 is 2.12 bits per heavy atom. The van der Waals surface area contributed by atoms with E-state index in [9.17, 15) is 4.79 Å². The van der Waals surface area contributed by atoms with Gasteiger partial charge in [-0.25, -0.2) is 0 Å². The van der Waals surface area contributed by atoms with E-state index < -0.39 is 0 Å². The van der Waals surface area contributed by atoms with E-state index >= 15 is 0 Å². The Hall–Kier alpha value is -0.570. The lowest BCUT2D eigenvalue weighted by Crippen LogP contribution is -2.45. The van der Waals surface area contributed by atoms with E-state index in [0.29, 0.717) is 25.2 Å². The third kappa shape index (κ3) is 4.66. The summed E-state index contributed by atoms with van der Waals surface area (Å²) in [5.74, 6) is 0.705. The quantitative estimate of drug-likeness (QED) is 0.693. The molecule has 2 unspecified atom stereocenters. The number of carbonyl (C=O) groups excluding carboxylic acids is 1. The first-order valence-corrected chi connectivity index (χ1v) is 6.96. The molecule has 0 heterocycles. The summed E-state index contributed by atoms with van der Waals surface area (Å²) in [6.45, 7) is 9.43. The maximum absolute atomic E-state index is 11.6. The minimum atomic E-state index is -0.0839. The van der Waals surface area contributed by atoms with E-state index in [1.165, 1.54) is 25.7 Å². The van der Waals surface area contributed by atoms with Crippen LogP contribution in [-0.4, -0.2) is 36.1 Å². The molecule has 1 rings (SSSR count). The highest BCUT2D eigenvalue weighted by Crippen LogP contribution is 2.28. The Labute approximate surface area is 106 Å². The van der Waals surface area contributed by atoms with Gasteiger partial charge in [0.2, 0.25) is 0 Å². The Bertz CT molecular complexity index is 240. The normalized spacial score (nSPS) is 25.3. The van der Waals surface area contributed by atoms with Gasteiger partial charge in [-0.2, -0.15) is 0 Å². The second-order valence-corrected chi connectivity index (χ2v) is 5.50. The number of ether oxygens (including phenoxy) is 1. The molecule has 0 amide bonds. The van der Waals surface area contributed by atoms with Crippen LogP contribution in [0.2, 0.25) is 0 Å². The predicted molar refractivity (Wildman–Crippen MR) is 69.9 cm³/mol. The molecule has 1 saturated carbocycles. The van der Waals surface area contributed by atoms with Gasteiger partial charge >= 0.3 is 5.97 Å². The SMILES string of the molecule is CCOC(=O)CN(C(C)C)C1CCCC(C)C1. The van der Waals surface area contributed by atoms with Crippen molar-refractivity contribution in [2.45, 2.75) is 65.5 Å². The molecule has 3 heteroatoms. The van der Waals surface area contributed by atoms with Crippen molar-refractivity contribution in [2.24, 2.45) is 5.92 Å². The van der Waals surface area contributed by atoms with Crippen LogP contribution in [0.25, 0.3) is 0 Å². The van der Waals surface area contributed by atoms with Crippen molar-refractivity contribution in [1.82, 2.24) is 4.90 Å². The average Bonchev–Trinajstić information content (AvgIpc) is 2.26. The molecule has 0 saturated heterocycles. The highest BCUT2D eigenvalue weighted by atomic mass is 16.5. The van der Waals surface area contributed by atoms with E-state index in [0.717, 1.165) is 5.92 Å². The fourth-order valence-corrected chi connectivity index (χ4v) is 2.79. The van der Waals surface area contributed by atoms with Crippen LogP contribution in [0.4, 0.5) is 0 Å². The van der Waals surface area contributed by atoms with Crippen molar-refractivity contribution in [3.63, 3.8) is 0 Å². The summed E-state index contributed by atoms with van der Waals surface area (Å²) in [5, 5.41) is 0. The molecule has 1 fully saturated rings. The highest BCUT2D eigenvalue weighted by molar-refractivity contribution is 5.71. The zero-order valence-electron chi connectivity index (χ0n) is 11.7. The van der Waals surface area contributed by atoms with E-state index in [1.54, 1.807) is 0 Å². The van der Waals surface area contributed by atoms with E-state index in [-0.39, 0.29) is 5.97 Å². The monoisotopic (exact) mass is 241 g/mol. The van der Waals surface area contributed by atoms with Crippen molar-refractivity contribution in [1.29, 1.82) is 0 Å². The van der Waals surface area contributed by atoms with Crippen LogP contribution < -0.4 is 0 Å². The predicted octanol–water partition coefficient (Wildman–Crippen LogP) is 2.84. The number of hydrogen-bond acceptors (Lipinski definition) is 3. The standard InChI is InChI=1S/C14H27NO2/c1-5-17-14(16)10-15(11(2)3)13-8-6-7-12(4)9-13/h11-13H,5-10H2,1-4H3. The molecule has 2 atom stereocenters. The third-order valence-electron chi connectivity index (χ3n) is 3.66. The minimum absolute atomic E-state index is 0.0839. The molecule has 3 nitrogen and oxygen atoms in total. The summed E-state index contributed by atoms with van der Waals surface area (Å²) in [6.07, 6.45) is 5.07. The van der Waals surface area contributed by atoms with Gasteiger partial charge in [-0.3, -0.25) is 9.69 Å². The molecule has 0 aliphatic heterocycles. The van der Waals surface area contributed by atoms with Crippen LogP contribution in [0.15, 0.2) is 0 Å². The van der Waals surface area contributed by atoms with Crippen molar-refractivity contribution >= 4 is 5.97 Å². The molecule has 0 radical (unpaired) electrons. The van der Waals surface area contributed by atoms with Crippen molar-refractivity contribution in [3.05, 3.63) is 0 Å². The molecule has 1 aliphatic rings. The fraction of sp³-hybridized carbons (Fsp3) is 0.929. The fourth-order valence-electron chi connectivity index (χ4n) is 2.79. The van der Waals surface area contributed by atoms with Gasteiger partial charge < -0.3 is 4.74 Å². The summed E-state index contributed by atoms with van der Waals surface area (Å²) < 4.78 is 5.06. The van der Waals surface area contributed by atoms with Crippen molar-refractivity contribution in [2.75, 3.05) is 13.2 Å². The molecular formula is C14H27NO2. The Balaban J connectivity index is 2.55. The number of esters is 1. The summed E-state index contributed by atoms with van der Waals surface area (Å²) in [6, 6.07) is 0.970. The number of nitrogens with zero attached hydrogens (tertiary/aromatic N) is 1. The number of carbonyl (C=O) groups is 1. The van der Waals surface area contributed by atoms with E-state index in [2.05, 4.69) is 25.7 Å². The largest absolute Gasteiger partial charge is 0.465 e. The summed E-state index contributed by atoms with van der Waals surface area (Å²) in [7, 11) is 0. The Kier molecular flexibility index (Phi) is 5.96. The van der Waals surface area contributed by atoms with Gasteiger partial charge in [-0.1, -0.05) is 19.8 Å². The molecule has 100 valence electrons. The first kappa shape index (κ1) is 14.5. The average molecular weight is 241 g/mol. The van der Waals surface area contributed by atoms with Crippen LogP contribution in [0.3, 0.4) is 0 Å². The Morgan fingerprint density at radius 3 is 2.65 bits per heavy atom. The molecule has 0 aromatic carbocycles. The van der Waals surface area contributed by atoms with Crippen LogP contribution in [0, 0.1) is 5.92 Å². The maximum atomic E-state index is 11.6. The molecule has 0 N–H and O–H groups in total. The van der Waals surface area contributed by atoms with Crippen LogP contribution in [0.1, 0.15) is 53.4 Å². The van der Waals surface area contributed by atoms with E-state index in [4.69, 9.17) is 4.74 Å².